The van der Waals surface area contributed by atoms with E-state index in [2.05, 4.69) is 42.7 Å². The molecule has 2 N–H and O–H groups in total. The van der Waals surface area contributed by atoms with Crippen LogP contribution < -0.4 is 5.73 Å². The number of hydrogen-bond acceptors (Lipinski definition) is 3. The molecule has 0 saturated carbocycles. The molecule has 18 heavy (non-hydrogen) atoms. The van der Waals surface area contributed by atoms with Gasteiger partial charge in [-0.1, -0.05) is 12.1 Å². The van der Waals surface area contributed by atoms with Crippen LogP contribution in [0.3, 0.4) is 0 Å². The van der Waals surface area contributed by atoms with E-state index in [0.717, 1.165) is 38.4 Å². The van der Waals surface area contributed by atoms with Crippen LogP contribution in [0, 0.1) is 0 Å². The molecule has 1 aromatic carbocycles. The zero-order valence-electron chi connectivity index (χ0n) is 11.8. The zero-order valence-corrected chi connectivity index (χ0v) is 11.8. The molecule has 0 aromatic heterocycles. The van der Waals surface area contributed by atoms with Gasteiger partial charge in [-0.2, -0.15) is 0 Å². The number of piperazine rings is 1. The molecule has 1 saturated heterocycles. The first kappa shape index (κ1) is 13.4. The standard InChI is InChI=1S/C15H25N3/c1-15(2,3)18-9-7-17(8-10-18)12-13-5-4-6-14(16)11-13/h4-6,11H,7-10,12,16H2,1-3H3. The van der Waals surface area contributed by atoms with Crippen molar-refractivity contribution >= 4 is 5.69 Å². The van der Waals surface area contributed by atoms with Gasteiger partial charge < -0.3 is 5.73 Å². The van der Waals surface area contributed by atoms with Gasteiger partial charge in [0.15, 0.2) is 0 Å². The van der Waals surface area contributed by atoms with Crippen LogP contribution in [0.15, 0.2) is 24.3 Å². The fourth-order valence-corrected chi connectivity index (χ4v) is 2.53. The molecule has 3 nitrogen and oxygen atoms in total. The second kappa shape index (κ2) is 5.29. The number of benzene rings is 1. The molecule has 0 bridgehead atoms. The molecule has 0 atom stereocenters. The van der Waals surface area contributed by atoms with Gasteiger partial charge in [0.05, 0.1) is 0 Å². The molecular weight excluding hydrogens is 222 g/mol. The molecule has 1 fully saturated rings. The van der Waals surface area contributed by atoms with E-state index < -0.39 is 0 Å². The van der Waals surface area contributed by atoms with E-state index in [4.69, 9.17) is 5.73 Å². The summed E-state index contributed by atoms with van der Waals surface area (Å²) in [6.07, 6.45) is 0. The third-order valence-corrected chi connectivity index (χ3v) is 3.68. The Balaban J connectivity index is 1.87. The first-order valence-corrected chi connectivity index (χ1v) is 6.77. The molecule has 1 aliphatic heterocycles. The second-order valence-corrected chi connectivity index (χ2v) is 6.18. The molecule has 1 aliphatic rings. The van der Waals surface area contributed by atoms with Crippen LogP contribution in [0.4, 0.5) is 5.69 Å². The summed E-state index contributed by atoms with van der Waals surface area (Å²) in [7, 11) is 0. The van der Waals surface area contributed by atoms with Crippen LogP contribution in [-0.2, 0) is 6.54 Å². The SMILES string of the molecule is CC(C)(C)N1CCN(Cc2cccc(N)c2)CC1. The van der Waals surface area contributed by atoms with Crippen LogP contribution in [0.1, 0.15) is 26.3 Å². The minimum atomic E-state index is 0.295. The van der Waals surface area contributed by atoms with Crippen molar-refractivity contribution in [3.8, 4) is 0 Å². The quantitative estimate of drug-likeness (QED) is 0.813. The minimum absolute atomic E-state index is 0.295. The van der Waals surface area contributed by atoms with Crippen molar-refractivity contribution in [2.75, 3.05) is 31.9 Å². The number of rotatable bonds is 2. The largest absolute Gasteiger partial charge is 0.399 e. The summed E-state index contributed by atoms with van der Waals surface area (Å²) in [6.45, 7) is 12.5. The van der Waals surface area contributed by atoms with Gasteiger partial charge in [0.2, 0.25) is 0 Å². The average molecular weight is 247 g/mol. The summed E-state index contributed by atoms with van der Waals surface area (Å²) >= 11 is 0. The van der Waals surface area contributed by atoms with Crippen LogP contribution in [-0.4, -0.2) is 41.5 Å². The Bertz CT molecular complexity index is 387. The van der Waals surface area contributed by atoms with Crippen molar-refractivity contribution in [2.24, 2.45) is 0 Å². The molecule has 1 aromatic rings. The average Bonchev–Trinajstić information content (AvgIpc) is 2.28. The molecule has 0 amide bonds. The summed E-state index contributed by atoms with van der Waals surface area (Å²) in [6, 6.07) is 8.22. The molecule has 2 rings (SSSR count). The number of nitrogen functional groups attached to an aromatic ring is 1. The number of nitrogens with two attached hydrogens (primary N) is 1. The van der Waals surface area contributed by atoms with Gasteiger partial charge in [-0.25, -0.2) is 0 Å². The molecular formula is C15H25N3. The van der Waals surface area contributed by atoms with Gasteiger partial charge in [-0.15, -0.1) is 0 Å². The van der Waals surface area contributed by atoms with E-state index in [9.17, 15) is 0 Å². The lowest BCUT2D eigenvalue weighted by atomic mass is 10.0. The monoisotopic (exact) mass is 247 g/mol. The van der Waals surface area contributed by atoms with Crippen LogP contribution in [0.2, 0.25) is 0 Å². The first-order valence-electron chi connectivity index (χ1n) is 6.77. The lowest BCUT2D eigenvalue weighted by Crippen LogP contribution is -2.53. The molecule has 0 aliphatic carbocycles. The highest BCUT2D eigenvalue weighted by Crippen LogP contribution is 2.17. The van der Waals surface area contributed by atoms with E-state index in [-0.39, 0.29) is 0 Å². The van der Waals surface area contributed by atoms with Crippen molar-refractivity contribution in [3.63, 3.8) is 0 Å². The smallest absolute Gasteiger partial charge is 0.0317 e. The Morgan fingerprint density at radius 2 is 1.78 bits per heavy atom. The van der Waals surface area contributed by atoms with Crippen LogP contribution >= 0.6 is 0 Å². The van der Waals surface area contributed by atoms with E-state index in [1.807, 2.05) is 12.1 Å². The number of nitrogens with zero attached hydrogens (tertiary/aromatic N) is 2. The fraction of sp³-hybridized carbons (Fsp3) is 0.600. The lowest BCUT2D eigenvalue weighted by Gasteiger charge is -2.42. The second-order valence-electron chi connectivity index (χ2n) is 6.18. The van der Waals surface area contributed by atoms with Crippen molar-refractivity contribution < 1.29 is 0 Å². The maximum absolute atomic E-state index is 5.82. The van der Waals surface area contributed by atoms with Crippen LogP contribution in [0.25, 0.3) is 0 Å². The predicted molar refractivity (Wildman–Crippen MR) is 77.5 cm³/mol. The third-order valence-electron chi connectivity index (χ3n) is 3.68. The molecule has 3 heteroatoms. The summed E-state index contributed by atoms with van der Waals surface area (Å²) < 4.78 is 0. The van der Waals surface area contributed by atoms with E-state index in [0.29, 0.717) is 5.54 Å². The maximum Gasteiger partial charge on any atom is 0.0317 e. The number of anilines is 1. The predicted octanol–water partition coefficient (Wildman–Crippen LogP) is 2.18. The minimum Gasteiger partial charge on any atom is -0.399 e. The van der Waals surface area contributed by atoms with Gasteiger partial charge in [0.25, 0.3) is 0 Å². The van der Waals surface area contributed by atoms with E-state index in [1.54, 1.807) is 0 Å². The highest BCUT2D eigenvalue weighted by atomic mass is 15.3. The highest BCUT2D eigenvalue weighted by molar-refractivity contribution is 5.40. The first-order chi connectivity index (χ1) is 8.45. The summed E-state index contributed by atoms with van der Waals surface area (Å²) in [5.74, 6) is 0. The number of hydrogen-bond donors (Lipinski definition) is 1. The summed E-state index contributed by atoms with van der Waals surface area (Å²) in [5.41, 5.74) is 8.29. The van der Waals surface area contributed by atoms with Crippen molar-refractivity contribution in [2.45, 2.75) is 32.9 Å². The van der Waals surface area contributed by atoms with Gasteiger partial charge in [-0.05, 0) is 38.5 Å². The van der Waals surface area contributed by atoms with E-state index in [1.165, 1.54) is 5.56 Å². The Labute approximate surface area is 111 Å². The van der Waals surface area contributed by atoms with Crippen molar-refractivity contribution in [3.05, 3.63) is 29.8 Å². The van der Waals surface area contributed by atoms with Gasteiger partial charge in [0.1, 0.15) is 0 Å². The van der Waals surface area contributed by atoms with Crippen molar-refractivity contribution in [1.29, 1.82) is 0 Å². The lowest BCUT2D eigenvalue weighted by molar-refractivity contribution is 0.0591. The van der Waals surface area contributed by atoms with Gasteiger partial charge in [0, 0.05) is 44.0 Å². The van der Waals surface area contributed by atoms with E-state index >= 15 is 0 Å². The zero-order chi connectivity index (χ0) is 13.2. The topological polar surface area (TPSA) is 32.5 Å². The van der Waals surface area contributed by atoms with Crippen LogP contribution in [0.5, 0.6) is 0 Å². The normalized spacial score (nSPS) is 19.1. The Hall–Kier alpha value is -1.06. The summed E-state index contributed by atoms with van der Waals surface area (Å²) in [4.78, 5) is 5.07. The fourth-order valence-electron chi connectivity index (χ4n) is 2.53. The van der Waals surface area contributed by atoms with Gasteiger partial charge in [-0.3, -0.25) is 9.80 Å². The Kier molecular flexibility index (Phi) is 3.93. The highest BCUT2D eigenvalue weighted by Gasteiger charge is 2.25. The summed E-state index contributed by atoms with van der Waals surface area (Å²) in [5, 5.41) is 0. The maximum atomic E-state index is 5.82. The molecule has 0 spiro atoms. The Morgan fingerprint density at radius 1 is 1.11 bits per heavy atom. The Morgan fingerprint density at radius 3 is 2.33 bits per heavy atom. The molecule has 0 unspecified atom stereocenters. The van der Waals surface area contributed by atoms with Crippen molar-refractivity contribution in [1.82, 2.24) is 9.80 Å². The van der Waals surface area contributed by atoms with Gasteiger partial charge >= 0.3 is 0 Å². The molecule has 0 radical (unpaired) electrons. The molecule has 100 valence electrons. The third kappa shape index (κ3) is 3.47. The molecule has 1 heterocycles.